The summed E-state index contributed by atoms with van der Waals surface area (Å²) in [6.07, 6.45) is 0.854. The minimum Gasteiger partial charge on any atom is -0.325 e. The second-order valence-electron chi connectivity index (χ2n) is 9.95. The molecule has 0 fully saturated rings. The Hall–Kier alpha value is -4.67. The summed E-state index contributed by atoms with van der Waals surface area (Å²) in [5.74, 6) is 0.563. The van der Waals surface area contributed by atoms with Gasteiger partial charge in [-0.15, -0.1) is 20.4 Å². The fourth-order valence-electron chi connectivity index (χ4n) is 5.57. The first-order valence-electron chi connectivity index (χ1n) is 13.6. The maximum absolute atomic E-state index is 13.9. The number of aryl methyl sites for hydroxylation is 2. The molecule has 1 aliphatic heterocycles. The van der Waals surface area contributed by atoms with Crippen LogP contribution in [0.5, 0.6) is 0 Å². The molecule has 0 aliphatic carbocycles. The molecule has 0 radical (unpaired) electrons. The van der Waals surface area contributed by atoms with E-state index in [0.717, 1.165) is 56.2 Å². The van der Waals surface area contributed by atoms with Gasteiger partial charge >= 0.3 is 0 Å². The summed E-state index contributed by atoms with van der Waals surface area (Å²) in [5.41, 5.74) is 5.78. The van der Waals surface area contributed by atoms with Crippen LogP contribution in [0.4, 0.5) is 11.4 Å². The number of nitrogens with zero attached hydrogens (tertiary/aromatic N) is 7. The molecule has 0 bridgehead atoms. The number of aromatic nitrogens is 6. The average Bonchev–Trinajstić information content (AvgIpc) is 3.60. The van der Waals surface area contributed by atoms with E-state index < -0.39 is 0 Å². The maximum Gasteiger partial charge on any atom is 0.276 e. The van der Waals surface area contributed by atoms with Crippen molar-refractivity contribution in [3.05, 3.63) is 109 Å². The molecule has 0 spiro atoms. The van der Waals surface area contributed by atoms with E-state index in [2.05, 4.69) is 73.5 Å². The Kier molecular flexibility index (Phi) is 6.15. The highest BCUT2D eigenvalue weighted by molar-refractivity contribution is 8.00. The highest BCUT2D eigenvalue weighted by atomic mass is 32.2. The highest BCUT2D eigenvalue weighted by Gasteiger charge is 2.28. The van der Waals surface area contributed by atoms with E-state index in [9.17, 15) is 4.79 Å². The van der Waals surface area contributed by atoms with E-state index in [1.165, 1.54) is 17.3 Å². The largest absolute Gasteiger partial charge is 0.325 e. The molecule has 42 heavy (non-hydrogen) atoms. The van der Waals surface area contributed by atoms with Crippen molar-refractivity contribution in [1.29, 1.82) is 0 Å². The number of anilines is 2. The summed E-state index contributed by atoms with van der Waals surface area (Å²) in [5, 5.41) is 19.4. The molecule has 8 rings (SSSR count). The minimum absolute atomic E-state index is 0.0279. The van der Waals surface area contributed by atoms with Gasteiger partial charge in [0.05, 0.1) is 22.6 Å². The maximum atomic E-state index is 13.9. The van der Waals surface area contributed by atoms with Crippen molar-refractivity contribution in [2.45, 2.75) is 27.9 Å². The normalized spacial score (nSPS) is 12.6. The number of carbonyl (C=O) groups excluding carboxylic acids is 1. The second kappa shape index (κ2) is 10.3. The van der Waals surface area contributed by atoms with Crippen LogP contribution in [0.15, 0.2) is 118 Å². The zero-order valence-corrected chi connectivity index (χ0v) is 23.9. The van der Waals surface area contributed by atoms with Crippen LogP contribution in [0.25, 0.3) is 27.8 Å². The third kappa shape index (κ3) is 4.14. The zero-order valence-electron chi connectivity index (χ0n) is 22.3. The van der Waals surface area contributed by atoms with E-state index >= 15 is 0 Å². The molecule has 8 nitrogen and oxygen atoms in total. The van der Waals surface area contributed by atoms with Gasteiger partial charge in [-0.25, -0.2) is 4.40 Å². The summed E-state index contributed by atoms with van der Waals surface area (Å²) < 4.78 is 4.21. The molecule has 4 heterocycles. The van der Waals surface area contributed by atoms with Gasteiger partial charge < -0.3 is 4.57 Å². The van der Waals surface area contributed by atoms with Crippen LogP contribution in [0.1, 0.15) is 5.56 Å². The summed E-state index contributed by atoms with van der Waals surface area (Å²) in [6.45, 7) is 0.745. The fourth-order valence-corrected chi connectivity index (χ4v) is 7.41. The van der Waals surface area contributed by atoms with Crippen LogP contribution >= 0.6 is 23.5 Å². The van der Waals surface area contributed by atoms with E-state index in [4.69, 9.17) is 0 Å². The minimum atomic E-state index is -0.0279. The monoisotopic (exact) mass is 585 g/mol. The van der Waals surface area contributed by atoms with Gasteiger partial charge in [0.2, 0.25) is 5.91 Å². The van der Waals surface area contributed by atoms with Gasteiger partial charge in [0.25, 0.3) is 5.78 Å². The predicted octanol–water partition coefficient (Wildman–Crippen LogP) is 6.79. The third-order valence-corrected chi connectivity index (χ3v) is 9.50. The molecular formula is C32H23N7OS2. The van der Waals surface area contributed by atoms with Gasteiger partial charge in [0, 0.05) is 21.7 Å². The van der Waals surface area contributed by atoms with Gasteiger partial charge in [0.1, 0.15) is 5.52 Å². The first-order valence-corrected chi connectivity index (χ1v) is 15.4. The molecular weight excluding hydrogens is 563 g/mol. The average molecular weight is 586 g/mol. The van der Waals surface area contributed by atoms with E-state index in [0.29, 0.717) is 10.9 Å². The van der Waals surface area contributed by atoms with E-state index in [1.807, 2.05) is 63.9 Å². The Balaban J connectivity index is 1.18. The molecule has 0 atom stereocenters. The van der Waals surface area contributed by atoms with Crippen molar-refractivity contribution in [3.63, 3.8) is 0 Å². The number of hydrogen-bond acceptors (Lipinski definition) is 7. The molecule has 4 aromatic carbocycles. The second-order valence-corrected chi connectivity index (χ2v) is 12.0. The number of carbonyl (C=O) groups is 1. The fraction of sp³-hybridized carbons (Fsp3) is 0.0938. The number of amides is 1. The number of fused-ring (bicyclic) bond motifs is 7. The van der Waals surface area contributed by atoms with Crippen molar-refractivity contribution < 1.29 is 4.79 Å². The molecule has 7 aromatic rings. The lowest BCUT2D eigenvalue weighted by molar-refractivity contribution is -0.115. The Morgan fingerprint density at radius 2 is 1.40 bits per heavy atom. The van der Waals surface area contributed by atoms with E-state index in [-0.39, 0.29) is 11.7 Å². The quantitative estimate of drug-likeness (QED) is 0.199. The Morgan fingerprint density at radius 3 is 2.19 bits per heavy atom. The number of hydrogen-bond donors (Lipinski definition) is 0. The Bertz CT molecular complexity index is 2080. The van der Waals surface area contributed by atoms with Gasteiger partial charge in [-0.2, -0.15) is 0 Å². The van der Waals surface area contributed by atoms with Crippen molar-refractivity contribution >= 4 is 68.7 Å². The molecule has 0 saturated heterocycles. The summed E-state index contributed by atoms with van der Waals surface area (Å²) >= 11 is 3.05. The molecule has 10 heteroatoms. The molecule has 3 aromatic heterocycles. The third-order valence-electron chi connectivity index (χ3n) is 7.46. The lowest BCUT2D eigenvalue weighted by Gasteiger charge is -2.30. The number of para-hydroxylation sites is 3. The molecule has 204 valence electrons. The molecule has 0 saturated carbocycles. The summed E-state index contributed by atoms with van der Waals surface area (Å²) in [7, 11) is 0. The smallest absolute Gasteiger partial charge is 0.276 e. The molecule has 0 N–H and O–H groups in total. The number of thioether (sulfide) groups is 1. The Morgan fingerprint density at radius 1 is 0.738 bits per heavy atom. The molecule has 1 amide bonds. The predicted molar refractivity (Wildman–Crippen MR) is 167 cm³/mol. The van der Waals surface area contributed by atoms with Gasteiger partial charge in [-0.05, 0) is 42.3 Å². The number of benzene rings is 4. The summed E-state index contributed by atoms with van der Waals surface area (Å²) in [4.78, 5) is 17.8. The van der Waals surface area contributed by atoms with Crippen molar-refractivity contribution in [2.24, 2.45) is 0 Å². The lowest BCUT2D eigenvalue weighted by atomic mass is 10.1. The van der Waals surface area contributed by atoms with Crippen molar-refractivity contribution in [2.75, 3.05) is 10.7 Å². The lowest BCUT2D eigenvalue weighted by Crippen LogP contribution is -2.30. The van der Waals surface area contributed by atoms with Gasteiger partial charge in [-0.3, -0.25) is 9.69 Å². The first kappa shape index (κ1) is 25.1. The topological polar surface area (TPSA) is 81.2 Å². The standard InChI is InChI=1S/C32H23N7OS2/c40-28(38-24-14-6-8-16-26(24)42-27-17-9-7-15-25(27)38)20-41-32-36-35-31-34-33-29-22-12-4-5-13-23(22)37(30(29)39(31)32)19-18-21-10-2-1-3-11-21/h1-17H,18-20H2. The first-order chi connectivity index (χ1) is 20.8. The van der Waals surface area contributed by atoms with Crippen LogP contribution in [0, 0.1) is 0 Å². The van der Waals surface area contributed by atoms with Crippen molar-refractivity contribution in [1.82, 2.24) is 29.4 Å². The zero-order chi connectivity index (χ0) is 28.0. The van der Waals surface area contributed by atoms with Crippen LogP contribution in [-0.2, 0) is 17.8 Å². The van der Waals surface area contributed by atoms with E-state index in [1.54, 1.807) is 11.8 Å². The van der Waals surface area contributed by atoms with Crippen LogP contribution in [0.3, 0.4) is 0 Å². The van der Waals surface area contributed by atoms with Gasteiger partial charge in [-0.1, -0.05) is 96.3 Å². The molecule has 1 aliphatic rings. The van der Waals surface area contributed by atoms with Gasteiger partial charge in [0.15, 0.2) is 10.8 Å². The number of rotatable bonds is 6. The SMILES string of the molecule is O=C(CSc1nnc2nnc3c4ccccc4n(CCc4ccccc4)c3n12)N1c2ccccc2Sc2ccccc21. The van der Waals surface area contributed by atoms with Crippen LogP contribution < -0.4 is 4.90 Å². The Labute approximate surface area is 249 Å². The van der Waals surface area contributed by atoms with Crippen LogP contribution in [-0.4, -0.2) is 41.0 Å². The van der Waals surface area contributed by atoms with Crippen LogP contribution in [0.2, 0.25) is 0 Å². The highest BCUT2D eigenvalue weighted by Crippen LogP contribution is 2.48. The van der Waals surface area contributed by atoms with Crippen molar-refractivity contribution in [3.8, 4) is 0 Å². The molecule has 0 unspecified atom stereocenters. The summed E-state index contributed by atoms with van der Waals surface area (Å²) in [6, 6.07) is 34.7.